The van der Waals surface area contributed by atoms with Gasteiger partial charge in [0.15, 0.2) is 5.65 Å². The van der Waals surface area contributed by atoms with Crippen molar-refractivity contribution >= 4 is 58.6 Å². The summed E-state index contributed by atoms with van der Waals surface area (Å²) >= 11 is 6.24. The fourth-order valence-electron chi connectivity index (χ4n) is 2.15. The van der Waals surface area contributed by atoms with Crippen molar-refractivity contribution in [3.8, 4) is 0 Å². The van der Waals surface area contributed by atoms with Crippen LogP contribution in [0.15, 0.2) is 56.6 Å². The molecule has 0 bridgehead atoms. The van der Waals surface area contributed by atoms with Crippen molar-refractivity contribution in [2.45, 2.75) is 4.90 Å². The van der Waals surface area contributed by atoms with Crippen molar-refractivity contribution in [3.63, 3.8) is 0 Å². The van der Waals surface area contributed by atoms with Crippen LogP contribution in [0, 0.1) is 10.1 Å². The van der Waals surface area contributed by atoms with Crippen molar-refractivity contribution in [1.82, 2.24) is 8.96 Å². The normalized spacial score (nSPS) is 11.7. The molecule has 0 aliphatic rings. The minimum absolute atomic E-state index is 0.0261. The minimum Gasteiger partial charge on any atom is -0.258 e. The number of aromatic nitrogens is 2. The Morgan fingerprint density at radius 2 is 1.78 bits per heavy atom. The molecule has 0 spiro atoms. The number of hydrogen-bond acceptors (Lipinski definition) is 5. The molecule has 23 heavy (non-hydrogen) atoms. The summed E-state index contributed by atoms with van der Waals surface area (Å²) in [4.78, 5) is 14.8. The van der Waals surface area contributed by atoms with Gasteiger partial charge in [-0.2, -0.15) is 0 Å². The number of halogens is 2. The molecular weight excluding hydrogens is 454 g/mol. The van der Waals surface area contributed by atoms with Gasteiger partial charge in [-0.05, 0) is 50.1 Å². The monoisotopic (exact) mass is 459 g/mol. The van der Waals surface area contributed by atoms with E-state index < -0.39 is 14.9 Å². The molecule has 3 rings (SSSR count). The van der Waals surface area contributed by atoms with Crippen molar-refractivity contribution in [2.24, 2.45) is 0 Å². The first-order valence-corrected chi connectivity index (χ1v) is 9.17. The van der Waals surface area contributed by atoms with Crippen LogP contribution >= 0.6 is 31.9 Å². The second-order valence-corrected chi connectivity index (χ2v) is 7.92. The maximum Gasteiger partial charge on any atom is 0.283 e. The predicted molar refractivity (Wildman–Crippen MR) is 90.8 cm³/mol. The van der Waals surface area contributed by atoms with E-state index in [2.05, 4.69) is 36.8 Å². The van der Waals surface area contributed by atoms with Gasteiger partial charge in [0, 0.05) is 6.07 Å². The molecule has 7 nitrogen and oxygen atoms in total. The number of nitro groups is 1. The molecule has 2 heterocycles. The molecule has 2 aromatic heterocycles. The van der Waals surface area contributed by atoms with Crippen molar-refractivity contribution in [3.05, 3.63) is 61.8 Å². The topological polar surface area (TPSA) is 95.1 Å². The quantitative estimate of drug-likeness (QED) is 0.337. The third-order valence-electron chi connectivity index (χ3n) is 3.11. The maximum absolute atomic E-state index is 12.8. The highest BCUT2D eigenvalue weighted by Gasteiger charge is 2.27. The number of fused-ring (bicyclic) bond motifs is 1. The van der Waals surface area contributed by atoms with Crippen LogP contribution in [0.2, 0.25) is 0 Å². The highest BCUT2D eigenvalue weighted by Crippen LogP contribution is 2.34. The molecule has 0 aliphatic carbocycles. The SMILES string of the molecule is O=[N+]([O-])c1cc(Br)nc2c1cc(Br)n2S(=O)(=O)c1ccccc1. The molecule has 0 radical (unpaired) electrons. The fraction of sp³-hybridized carbons (Fsp3) is 0. The molecule has 0 N–H and O–H groups in total. The lowest BCUT2D eigenvalue weighted by Crippen LogP contribution is -2.13. The predicted octanol–water partition coefficient (Wildman–Crippen LogP) is 3.71. The lowest BCUT2D eigenvalue weighted by atomic mass is 10.3. The van der Waals surface area contributed by atoms with Gasteiger partial charge in [0.25, 0.3) is 15.7 Å². The highest BCUT2D eigenvalue weighted by molar-refractivity contribution is 9.10. The van der Waals surface area contributed by atoms with Gasteiger partial charge < -0.3 is 0 Å². The van der Waals surface area contributed by atoms with Gasteiger partial charge in [0.05, 0.1) is 15.2 Å². The number of rotatable bonds is 3. The van der Waals surface area contributed by atoms with E-state index in [1.54, 1.807) is 18.2 Å². The zero-order valence-corrected chi connectivity index (χ0v) is 15.2. The van der Waals surface area contributed by atoms with Gasteiger partial charge in [-0.1, -0.05) is 18.2 Å². The first kappa shape index (κ1) is 16.1. The average Bonchev–Trinajstić information content (AvgIpc) is 2.83. The Hall–Kier alpha value is -1.78. The van der Waals surface area contributed by atoms with E-state index in [-0.39, 0.29) is 30.8 Å². The van der Waals surface area contributed by atoms with Crippen molar-refractivity contribution in [1.29, 1.82) is 0 Å². The Balaban J connectivity index is 2.40. The van der Waals surface area contributed by atoms with Crippen LogP contribution in [-0.2, 0) is 10.0 Å². The van der Waals surface area contributed by atoms with Gasteiger partial charge in [0.2, 0.25) is 0 Å². The number of pyridine rings is 1. The van der Waals surface area contributed by atoms with Crippen LogP contribution in [0.3, 0.4) is 0 Å². The standard InChI is InChI=1S/C13H7Br2N3O4S/c14-11-7-10(18(19)20)9-6-12(15)17(13(9)16-11)23(21,22)8-4-2-1-3-5-8/h1-7H. The van der Waals surface area contributed by atoms with E-state index >= 15 is 0 Å². The largest absolute Gasteiger partial charge is 0.283 e. The highest BCUT2D eigenvalue weighted by atomic mass is 79.9. The second kappa shape index (κ2) is 5.69. The lowest BCUT2D eigenvalue weighted by molar-refractivity contribution is -0.383. The Labute approximate surface area is 147 Å². The summed E-state index contributed by atoms with van der Waals surface area (Å²) in [6.07, 6.45) is 0. The maximum atomic E-state index is 12.8. The van der Waals surface area contributed by atoms with Gasteiger partial charge in [-0.3, -0.25) is 10.1 Å². The van der Waals surface area contributed by atoms with Crippen LogP contribution in [-0.4, -0.2) is 22.3 Å². The Kier molecular flexibility index (Phi) is 3.98. The molecule has 0 atom stereocenters. The fourth-order valence-corrected chi connectivity index (χ4v) is 4.86. The first-order chi connectivity index (χ1) is 10.8. The van der Waals surface area contributed by atoms with E-state index in [9.17, 15) is 18.5 Å². The van der Waals surface area contributed by atoms with Gasteiger partial charge >= 0.3 is 0 Å². The number of benzene rings is 1. The molecule has 1 aromatic carbocycles. The zero-order valence-electron chi connectivity index (χ0n) is 11.2. The lowest BCUT2D eigenvalue weighted by Gasteiger charge is -2.08. The Morgan fingerprint density at radius 1 is 1.13 bits per heavy atom. The summed E-state index contributed by atoms with van der Waals surface area (Å²) in [6.45, 7) is 0. The summed E-state index contributed by atoms with van der Waals surface area (Å²) in [5.41, 5.74) is -0.258. The van der Waals surface area contributed by atoms with Crippen LogP contribution < -0.4 is 0 Å². The van der Waals surface area contributed by atoms with Crippen LogP contribution in [0.4, 0.5) is 5.69 Å². The van der Waals surface area contributed by atoms with E-state index in [0.29, 0.717) is 0 Å². The number of hydrogen-bond donors (Lipinski definition) is 0. The van der Waals surface area contributed by atoms with Crippen LogP contribution in [0.5, 0.6) is 0 Å². The zero-order chi connectivity index (χ0) is 16.8. The summed E-state index contributed by atoms with van der Waals surface area (Å²) in [5.74, 6) is 0. The van der Waals surface area contributed by atoms with E-state index in [1.165, 1.54) is 24.3 Å². The molecule has 3 aromatic rings. The summed E-state index contributed by atoms with van der Waals surface area (Å²) in [6, 6.07) is 10.4. The molecular formula is C13H7Br2N3O4S. The molecule has 0 aliphatic heterocycles. The molecule has 0 amide bonds. The average molecular weight is 461 g/mol. The summed E-state index contributed by atoms with van der Waals surface area (Å²) < 4.78 is 26.9. The van der Waals surface area contributed by atoms with E-state index in [1.807, 2.05) is 0 Å². The third kappa shape index (κ3) is 2.66. The van der Waals surface area contributed by atoms with Crippen molar-refractivity contribution in [2.75, 3.05) is 0 Å². The van der Waals surface area contributed by atoms with Crippen LogP contribution in [0.25, 0.3) is 11.0 Å². The summed E-state index contributed by atoms with van der Waals surface area (Å²) in [7, 11) is -3.95. The molecule has 118 valence electrons. The molecule has 0 saturated heterocycles. The molecule has 0 saturated carbocycles. The van der Waals surface area contributed by atoms with Crippen molar-refractivity contribution < 1.29 is 13.3 Å². The first-order valence-electron chi connectivity index (χ1n) is 6.15. The van der Waals surface area contributed by atoms with Gasteiger partial charge in [0.1, 0.15) is 9.21 Å². The molecule has 0 unspecified atom stereocenters. The van der Waals surface area contributed by atoms with E-state index in [0.717, 1.165) is 3.97 Å². The second-order valence-electron chi connectivity index (χ2n) is 4.51. The molecule has 0 fully saturated rings. The number of nitrogens with zero attached hydrogens (tertiary/aromatic N) is 3. The molecule has 10 heteroatoms. The van der Waals surface area contributed by atoms with Gasteiger partial charge in [-0.25, -0.2) is 17.4 Å². The van der Waals surface area contributed by atoms with E-state index in [4.69, 9.17) is 0 Å². The third-order valence-corrected chi connectivity index (χ3v) is 6.06. The Bertz CT molecular complexity index is 1030. The smallest absolute Gasteiger partial charge is 0.258 e. The Morgan fingerprint density at radius 3 is 2.39 bits per heavy atom. The van der Waals surface area contributed by atoms with Crippen LogP contribution in [0.1, 0.15) is 0 Å². The minimum atomic E-state index is -3.95. The summed E-state index contributed by atoms with van der Waals surface area (Å²) in [5, 5.41) is 11.3. The van der Waals surface area contributed by atoms with Gasteiger partial charge in [-0.15, -0.1) is 0 Å².